The first kappa shape index (κ1) is 22.7. The van der Waals surface area contributed by atoms with Crippen LogP contribution in [0.5, 0.6) is 0 Å². The molecule has 0 radical (unpaired) electrons. The Morgan fingerprint density at radius 1 is 1.15 bits per heavy atom. The molecule has 2 aliphatic heterocycles. The normalized spacial score (nSPS) is 18.3. The molecule has 8 nitrogen and oxygen atoms in total. The Morgan fingerprint density at radius 3 is 2.50 bits per heavy atom. The van der Waals surface area contributed by atoms with Crippen molar-refractivity contribution in [3.8, 4) is 10.6 Å². The van der Waals surface area contributed by atoms with E-state index >= 15 is 0 Å². The molecule has 4 heterocycles. The van der Waals surface area contributed by atoms with Gasteiger partial charge in [-0.3, -0.25) is 4.68 Å². The number of amides is 2. The van der Waals surface area contributed by atoms with Crippen molar-refractivity contribution in [2.24, 2.45) is 12.1 Å². The van der Waals surface area contributed by atoms with E-state index in [1.54, 1.807) is 22.0 Å². The zero-order valence-corrected chi connectivity index (χ0v) is 20.2. The van der Waals surface area contributed by atoms with Gasteiger partial charge < -0.3 is 9.80 Å². The summed E-state index contributed by atoms with van der Waals surface area (Å²) in [5, 5.41) is 11.0. The molecule has 0 bridgehead atoms. The van der Waals surface area contributed by atoms with Crippen LogP contribution in [0.4, 0.5) is 18.7 Å². The molecule has 2 amide bonds. The number of nitrogens with zero attached hydrogens (tertiary/aromatic N) is 7. The van der Waals surface area contributed by atoms with Crippen molar-refractivity contribution in [1.82, 2.24) is 24.7 Å². The number of carbonyl (C=O) groups is 1. The minimum atomic E-state index is -0.675. The Kier molecular flexibility index (Phi) is 5.98. The predicted molar refractivity (Wildman–Crippen MR) is 127 cm³/mol. The first-order valence-corrected chi connectivity index (χ1v) is 12.0. The number of carbonyl (C=O) groups excluding carboxylic acids is 1. The van der Waals surface area contributed by atoms with Crippen LogP contribution >= 0.6 is 22.9 Å². The van der Waals surface area contributed by atoms with E-state index in [-0.39, 0.29) is 6.03 Å². The molecule has 1 saturated heterocycles. The fourth-order valence-electron chi connectivity index (χ4n) is 4.32. The summed E-state index contributed by atoms with van der Waals surface area (Å²) >= 11 is 7.95. The smallest absolute Gasteiger partial charge is 0.341 e. The van der Waals surface area contributed by atoms with Crippen LogP contribution in [0.3, 0.4) is 0 Å². The Balaban J connectivity index is 1.27. The third kappa shape index (κ3) is 4.14. The van der Waals surface area contributed by atoms with Crippen molar-refractivity contribution in [3.63, 3.8) is 0 Å². The topological polar surface area (TPSA) is 69.9 Å². The third-order valence-corrected chi connectivity index (χ3v) is 7.54. The molecule has 12 heteroatoms. The lowest BCUT2D eigenvalue weighted by molar-refractivity contribution is 0.139. The van der Waals surface area contributed by atoms with Crippen molar-refractivity contribution in [2.45, 2.75) is 19.4 Å². The van der Waals surface area contributed by atoms with Crippen LogP contribution < -0.4 is 4.90 Å². The maximum Gasteiger partial charge on any atom is 0.341 e. The number of aryl methyl sites for hydroxylation is 2. The lowest BCUT2D eigenvalue weighted by Crippen LogP contribution is -2.52. The van der Waals surface area contributed by atoms with Gasteiger partial charge in [0, 0.05) is 51.9 Å². The number of anilines is 1. The number of urea groups is 1. The predicted octanol–water partition coefficient (Wildman–Crippen LogP) is 4.46. The van der Waals surface area contributed by atoms with Gasteiger partial charge in [0.15, 0.2) is 10.3 Å². The van der Waals surface area contributed by atoms with E-state index in [9.17, 15) is 13.6 Å². The highest BCUT2D eigenvalue weighted by Gasteiger charge is 2.34. The summed E-state index contributed by atoms with van der Waals surface area (Å²) in [6, 6.07) is 2.49. The summed E-state index contributed by atoms with van der Waals surface area (Å²) in [5.74, 6) is -1.35. The molecule has 0 aliphatic carbocycles. The standard InChI is InChI=1S/C22H22ClF2N7OS/c1-13-12-27-29(2)18(13)19-20(23)28-21(34-19)30-5-7-31(8-6-30)22(33)32-17(3-4-26-32)14-9-15(24)11-16(25)10-14/h4,9-12,17H,3,5-8H2,1-2H3. The van der Waals surface area contributed by atoms with Crippen LogP contribution in [0, 0.1) is 18.6 Å². The first-order chi connectivity index (χ1) is 16.3. The van der Waals surface area contributed by atoms with Crippen LogP contribution in [0.15, 0.2) is 29.5 Å². The number of piperazine rings is 1. The molecule has 0 spiro atoms. The molecule has 178 valence electrons. The van der Waals surface area contributed by atoms with Crippen molar-refractivity contribution < 1.29 is 13.6 Å². The lowest BCUT2D eigenvalue weighted by atomic mass is 10.0. The molecule has 2 aromatic heterocycles. The highest BCUT2D eigenvalue weighted by atomic mass is 35.5. The van der Waals surface area contributed by atoms with Gasteiger partial charge in [-0.2, -0.15) is 10.2 Å². The Hall–Kier alpha value is -3.05. The lowest BCUT2D eigenvalue weighted by Gasteiger charge is -2.36. The van der Waals surface area contributed by atoms with E-state index < -0.39 is 17.7 Å². The van der Waals surface area contributed by atoms with Crippen LogP contribution in [0.2, 0.25) is 5.15 Å². The Labute approximate surface area is 204 Å². The van der Waals surface area contributed by atoms with Gasteiger partial charge in [0.1, 0.15) is 11.6 Å². The van der Waals surface area contributed by atoms with Crippen molar-refractivity contribution in [2.75, 3.05) is 31.1 Å². The molecule has 1 aromatic carbocycles. The fraction of sp³-hybridized carbons (Fsp3) is 0.364. The molecule has 0 N–H and O–H groups in total. The van der Waals surface area contributed by atoms with E-state index in [2.05, 4.69) is 20.1 Å². The number of rotatable bonds is 3. The molecule has 3 aromatic rings. The van der Waals surface area contributed by atoms with Crippen molar-refractivity contribution >= 4 is 40.3 Å². The Bertz CT molecular complexity index is 1230. The van der Waals surface area contributed by atoms with E-state index in [1.807, 2.05) is 14.0 Å². The van der Waals surface area contributed by atoms with E-state index in [1.165, 1.54) is 28.5 Å². The number of thiazole rings is 1. The average molecular weight is 506 g/mol. The SMILES string of the molecule is Cc1cnn(C)c1-c1sc(N2CCN(C(=O)N3N=CCC3c3cc(F)cc(F)c3)CC2)nc1Cl. The second-order valence-electron chi connectivity index (χ2n) is 8.27. The molecular weight excluding hydrogens is 484 g/mol. The van der Waals surface area contributed by atoms with Crippen LogP contribution in [0.25, 0.3) is 10.6 Å². The van der Waals surface area contributed by atoms with Gasteiger partial charge in [-0.15, -0.1) is 0 Å². The molecule has 2 aliphatic rings. The summed E-state index contributed by atoms with van der Waals surface area (Å²) < 4.78 is 29.2. The quantitative estimate of drug-likeness (QED) is 0.527. The zero-order chi connectivity index (χ0) is 24.0. The maximum absolute atomic E-state index is 13.7. The zero-order valence-electron chi connectivity index (χ0n) is 18.6. The molecular formula is C22H22ClF2N7OS. The van der Waals surface area contributed by atoms with E-state index in [0.29, 0.717) is 43.3 Å². The largest absolute Gasteiger partial charge is 0.344 e. The summed E-state index contributed by atoms with van der Waals surface area (Å²) in [4.78, 5) is 22.4. The number of hydrazone groups is 1. The molecule has 1 unspecified atom stereocenters. The number of benzene rings is 1. The second-order valence-corrected chi connectivity index (χ2v) is 9.61. The number of aromatic nitrogens is 3. The van der Waals surface area contributed by atoms with Gasteiger partial charge in [-0.25, -0.2) is 23.6 Å². The fourth-order valence-corrected chi connectivity index (χ4v) is 5.81. The monoisotopic (exact) mass is 505 g/mol. The average Bonchev–Trinajstić information content (AvgIpc) is 3.52. The van der Waals surface area contributed by atoms with Crippen molar-refractivity contribution in [1.29, 1.82) is 0 Å². The third-order valence-electron chi connectivity index (χ3n) is 6.03. The van der Waals surface area contributed by atoms with E-state index in [0.717, 1.165) is 27.3 Å². The highest BCUT2D eigenvalue weighted by molar-refractivity contribution is 7.19. The Morgan fingerprint density at radius 2 is 1.85 bits per heavy atom. The first-order valence-electron chi connectivity index (χ1n) is 10.8. The number of halogens is 3. The van der Waals surface area contributed by atoms with Crippen LogP contribution in [0.1, 0.15) is 23.6 Å². The molecule has 34 heavy (non-hydrogen) atoms. The minimum Gasteiger partial charge on any atom is -0.344 e. The molecule has 5 rings (SSSR count). The summed E-state index contributed by atoms with van der Waals surface area (Å²) in [7, 11) is 1.87. The van der Waals surface area contributed by atoms with Crippen LogP contribution in [-0.4, -0.2) is 63.1 Å². The van der Waals surface area contributed by atoms with Crippen molar-refractivity contribution in [3.05, 3.63) is 52.3 Å². The molecule has 0 saturated carbocycles. The highest BCUT2D eigenvalue weighted by Crippen LogP contribution is 2.39. The van der Waals surface area contributed by atoms with Gasteiger partial charge in [-0.05, 0) is 30.2 Å². The van der Waals surface area contributed by atoms with E-state index in [4.69, 9.17) is 11.6 Å². The number of hydrogen-bond donors (Lipinski definition) is 0. The second kappa shape index (κ2) is 8.95. The van der Waals surface area contributed by atoms with Gasteiger partial charge in [0.05, 0.1) is 22.8 Å². The van der Waals surface area contributed by atoms with Gasteiger partial charge in [0.25, 0.3) is 0 Å². The van der Waals surface area contributed by atoms with Gasteiger partial charge >= 0.3 is 6.03 Å². The number of hydrogen-bond acceptors (Lipinski definition) is 6. The summed E-state index contributed by atoms with van der Waals surface area (Å²) in [5.41, 5.74) is 2.35. The summed E-state index contributed by atoms with van der Waals surface area (Å²) in [6.07, 6.45) is 3.80. The van der Waals surface area contributed by atoms with Gasteiger partial charge in [-0.1, -0.05) is 22.9 Å². The van der Waals surface area contributed by atoms with Gasteiger partial charge in [0.2, 0.25) is 0 Å². The van der Waals surface area contributed by atoms with Crippen LogP contribution in [-0.2, 0) is 7.05 Å². The summed E-state index contributed by atoms with van der Waals surface area (Å²) in [6.45, 7) is 4.07. The molecule has 1 fully saturated rings. The minimum absolute atomic E-state index is 0.286. The molecule has 1 atom stereocenters. The maximum atomic E-state index is 13.7.